The highest BCUT2D eigenvalue weighted by Gasteiger charge is 2.44. The second kappa shape index (κ2) is 7.79. The maximum atomic E-state index is 12.8. The summed E-state index contributed by atoms with van der Waals surface area (Å²) < 4.78 is 7.21. The van der Waals surface area contributed by atoms with Crippen molar-refractivity contribution in [2.75, 3.05) is 27.3 Å². The van der Waals surface area contributed by atoms with E-state index in [0.717, 1.165) is 24.2 Å². The van der Waals surface area contributed by atoms with Gasteiger partial charge < -0.3 is 15.0 Å². The van der Waals surface area contributed by atoms with E-state index in [0.29, 0.717) is 26.1 Å². The zero-order chi connectivity index (χ0) is 17.7. The van der Waals surface area contributed by atoms with Gasteiger partial charge in [0.25, 0.3) is 0 Å². The van der Waals surface area contributed by atoms with Gasteiger partial charge in [0.05, 0.1) is 24.3 Å². The molecule has 0 aromatic carbocycles. The average molecular weight is 336 g/mol. The lowest BCUT2D eigenvalue weighted by Gasteiger charge is -2.37. The summed E-state index contributed by atoms with van der Waals surface area (Å²) in [4.78, 5) is 26.6. The fraction of sp³-hybridized carbons (Fsp3) is 0.706. The lowest BCUT2D eigenvalue weighted by atomic mass is 9.92. The number of hydrogen-bond acceptors (Lipinski definition) is 4. The Balaban J connectivity index is 2.07. The van der Waals surface area contributed by atoms with E-state index in [-0.39, 0.29) is 18.2 Å². The third-order valence-electron chi connectivity index (χ3n) is 4.72. The van der Waals surface area contributed by atoms with Crippen LogP contribution in [0.5, 0.6) is 0 Å². The van der Waals surface area contributed by atoms with Crippen molar-refractivity contribution in [2.24, 2.45) is 0 Å². The Kier molecular flexibility index (Phi) is 5.99. The van der Waals surface area contributed by atoms with E-state index in [1.54, 1.807) is 14.2 Å². The molecule has 1 atom stereocenters. The first-order valence-corrected chi connectivity index (χ1v) is 8.43. The van der Waals surface area contributed by atoms with Crippen LogP contribution in [-0.2, 0) is 20.9 Å². The van der Waals surface area contributed by atoms with Gasteiger partial charge in [-0.15, -0.1) is 0 Å². The molecule has 1 saturated heterocycles. The summed E-state index contributed by atoms with van der Waals surface area (Å²) >= 11 is 0. The van der Waals surface area contributed by atoms with E-state index in [2.05, 4.69) is 10.4 Å². The normalized spacial score (nSPS) is 20.4. The smallest absolute Gasteiger partial charge is 0.224 e. The molecule has 134 valence electrons. The summed E-state index contributed by atoms with van der Waals surface area (Å²) in [6.07, 6.45) is 2.34. The highest BCUT2D eigenvalue weighted by atomic mass is 16.5. The van der Waals surface area contributed by atoms with Crippen molar-refractivity contribution < 1.29 is 14.3 Å². The number of rotatable bonds is 7. The molecule has 2 amide bonds. The van der Waals surface area contributed by atoms with Crippen LogP contribution in [-0.4, -0.2) is 59.3 Å². The van der Waals surface area contributed by atoms with Crippen molar-refractivity contribution in [1.82, 2.24) is 20.0 Å². The van der Waals surface area contributed by atoms with Crippen molar-refractivity contribution in [3.63, 3.8) is 0 Å². The first kappa shape index (κ1) is 18.4. The summed E-state index contributed by atoms with van der Waals surface area (Å²) in [5.74, 6) is -0.00805. The van der Waals surface area contributed by atoms with Gasteiger partial charge in [0.2, 0.25) is 11.8 Å². The Hall–Kier alpha value is -1.89. The quantitative estimate of drug-likeness (QED) is 0.807. The lowest BCUT2D eigenvalue weighted by molar-refractivity contribution is -0.139. The van der Waals surface area contributed by atoms with E-state index in [4.69, 9.17) is 4.74 Å². The number of methoxy groups -OCH3 is 1. The number of nitrogens with zero attached hydrogens (tertiary/aromatic N) is 3. The van der Waals surface area contributed by atoms with Crippen LogP contribution in [0.1, 0.15) is 37.1 Å². The molecule has 1 aliphatic rings. The van der Waals surface area contributed by atoms with Crippen LogP contribution in [0.15, 0.2) is 6.07 Å². The molecule has 7 nitrogen and oxygen atoms in total. The Morgan fingerprint density at radius 2 is 2.17 bits per heavy atom. The van der Waals surface area contributed by atoms with Crippen molar-refractivity contribution in [3.05, 3.63) is 17.5 Å². The number of nitrogens with one attached hydrogen (secondary N) is 1. The van der Waals surface area contributed by atoms with E-state index in [1.807, 2.05) is 29.5 Å². The predicted octanol–water partition coefficient (Wildman–Crippen LogP) is 1.03. The van der Waals surface area contributed by atoms with E-state index in [9.17, 15) is 9.59 Å². The molecule has 1 aromatic rings. The number of carbonyl (C=O) groups excluding carboxylic acids is 2. The van der Waals surface area contributed by atoms with Crippen LogP contribution in [0.25, 0.3) is 0 Å². The van der Waals surface area contributed by atoms with E-state index < -0.39 is 5.54 Å². The molecule has 0 bridgehead atoms. The molecule has 0 radical (unpaired) electrons. The summed E-state index contributed by atoms with van der Waals surface area (Å²) in [5, 5.41) is 7.06. The Bertz CT molecular complexity index is 599. The fourth-order valence-electron chi connectivity index (χ4n) is 3.61. The zero-order valence-corrected chi connectivity index (χ0v) is 15.1. The van der Waals surface area contributed by atoms with Crippen molar-refractivity contribution in [1.29, 1.82) is 0 Å². The fourth-order valence-corrected chi connectivity index (χ4v) is 3.61. The van der Waals surface area contributed by atoms with Gasteiger partial charge in [-0.25, -0.2) is 0 Å². The van der Waals surface area contributed by atoms with Gasteiger partial charge in [0.1, 0.15) is 0 Å². The molecule has 1 fully saturated rings. The molecule has 1 aromatic heterocycles. The van der Waals surface area contributed by atoms with Crippen LogP contribution in [0, 0.1) is 13.8 Å². The topological polar surface area (TPSA) is 76.5 Å². The molecule has 0 unspecified atom stereocenters. The Morgan fingerprint density at radius 1 is 1.42 bits per heavy atom. The second-order valence-corrected chi connectivity index (χ2v) is 6.56. The highest BCUT2D eigenvalue weighted by Crippen LogP contribution is 2.33. The van der Waals surface area contributed by atoms with E-state index in [1.165, 1.54) is 0 Å². The summed E-state index contributed by atoms with van der Waals surface area (Å²) in [7, 11) is 3.23. The minimum absolute atomic E-state index is 0.0565. The number of carbonyl (C=O) groups is 2. The molecule has 1 aliphatic heterocycles. The molecule has 0 aliphatic carbocycles. The third-order valence-corrected chi connectivity index (χ3v) is 4.72. The Labute approximate surface area is 143 Å². The van der Waals surface area contributed by atoms with Crippen LogP contribution in [0.4, 0.5) is 0 Å². The molecule has 24 heavy (non-hydrogen) atoms. The second-order valence-electron chi connectivity index (χ2n) is 6.56. The molecule has 0 saturated carbocycles. The SMILES string of the molecule is CNC(=O)C[C@@]1(COC)CCCN1C(=O)CCn1nc(C)cc1C. The number of amides is 2. The van der Waals surface area contributed by atoms with E-state index >= 15 is 0 Å². The first-order valence-electron chi connectivity index (χ1n) is 8.43. The number of aryl methyl sites for hydroxylation is 3. The maximum Gasteiger partial charge on any atom is 0.224 e. The van der Waals surface area contributed by atoms with Gasteiger partial charge in [0, 0.05) is 39.4 Å². The van der Waals surface area contributed by atoms with Gasteiger partial charge in [-0.2, -0.15) is 5.10 Å². The van der Waals surface area contributed by atoms with Gasteiger partial charge in [-0.1, -0.05) is 0 Å². The Morgan fingerprint density at radius 3 is 2.75 bits per heavy atom. The van der Waals surface area contributed by atoms with Gasteiger partial charge >= 0.3 is 0 Å². The number of aromatic nitrogens is 2. The van der Waals surface area contributed by atoms with Crippen LogP contribution >= 0.6 is 0 Å². The molecule has 7 heteroatoms. The van der Waals surface area contributed by atoms with Gasteiger partial charge in [-0.05, 0) is 32.8 Å². The monoisotopic (exact) mass is 336 g/mol. The van der Waals surface area contributed by atoms with Crippen LogP contribution in [0.2, 0.25) is 0 Å². The average Bonchev–Trinajstić information content (AvgIpc) is 3.08. The minimum Gasteiger partial charge on any atom is -0.382 e. The summed E-state index contributed by atoms with van der Waals surface area (Å²) in [6.45, 7) is 5.54. The largest absolute Gasteiger partial charge is 0.382 e. The molecule has 0 spiro atoms. The predicted molar refractivity (Wildman–Crippen MR) is 90.6 cm³/mol. The lowest BCUT2D eigenvalue weighted by Crippen LogP contribution is -2.53. The molecule has 1 N–H and O–H groups in total. The summed E-state index contributed by atoms with van der Waals surface area (Å²) in [5.41, 5.74) is 1.48. The third kappa shape index (κ3) is 3.95. The molecular formula is C17H28N4O3. The molecule has 2 heterocycles. The number of hydrogen-bond donors (Lipinski definition) is 1. The van der Waals surface area contributed by atoms with Crippen LogP contribution in [0.3, 0.4) is 0 Å². The van der Waals surface area contributed by atoms with Crippen molar-refractivity contribution in [3.8, 4) is 0 Å². The summed E-state index contributed by atoms with van der Waals surface area (Å²) in [6, 6.07) is 2.00. The first-order chi connectivity index (χ1) is 11.4. The zero-order valence-electron chi connectivity index (χ0n) is 15.1. The maximum absolute atomic E-state index is 12.8. The standard InChI is InChI=1S/C17H28N4O3/c1-13-10-14(2)21(19-13)9-6-16(23)20-8-5-7-17(20,12-24-4)11-15(22)18-3/h10H,5-9,11-12H2,1-4H3,(H,18,22)/t17-/m1/s1. The van der Waals surface area contributed by atoms with Gasteiger partial charge in [-0.3, -0.25) is 14.3 Å². The minimum atomic E-state index is -0.527. The molecule has 2 rings (SSSR count). The van der Waals surface area contributed by atoms with Crippen molar-refractivity contribution in [2.45, 2.75) is 51.6 Å². The van der Waals surface area contributed by atoms with Crippen molar-refractivity contribution >= 4 is 11.8 Å². The van der Waals surface area contributed by atoms with Gasteiger partial charge in [0.15, 0.2) is 0 Å². The molecular weight excluding hydrogens is 308 g/mol. The number of likely N-dealkylation sites (tertiary alicyclic amines) is 1. The number of ether oxygens (including phenoxy) is 1. The highest BCUT2D eigenvalue weighted by molar-refractivity contribution is 5.81. The van der Waals surface area contributed by atoms with Crippen LogP contribution < -0.4 is 5.32 Å².